The fourth-order valence-electron chi connectivity index (χ4n) is 2.10. The Morgan fingerprint density at radius 2 is 2.45 bits per heavy atom. The van der Waals surface area contributed by atoms with E-state index in [0.717, 1.165) is 19.6 Å². The van der Waals surface area contributed by atoms with Crippen LogP contribution in [0.15, 0.2) is 6.33 Å². The molecule has 0 radical (unpaired) electrons. The van der Waals surface area contributed by atoms with Gasteiger partial charge in [-0.05, 0) is 6.54 Å². The molecule has 0 saturated carbocycles. The topological polar surface area (TPSA) is 119 Å². The Hall–Kier alpha value is -2.00. The molecule has 0 amide bonds. The van der Waals surface area contributed by atoms with Crippen molar-refractivity contribution in [3.05, 3.63) is 16.4 Å². The van der Waals surface area contributed by atoms with Crippen LogP contribution in [-0.2, 0) is 4.74 Å². The first-order valence-corrected chi connectivity index (χ1v) is 6.44. The van der Waals surface area contributed by atoms with Crippen LogP contribution >= 0.6 is 0 Å². The van der Waals surface area contributed by atoms with Crippen molar-refractivity contribution in [1.29, 1.82) is 0 Å². The van der Waals surface area contributed by atoms with Crippen LogP contribution in [-0.4, -0.2) is 58.7 Å². The number of hydrogen-bond acceptors (Lipinski definition) is 8. The summed E-state index contributed by atoms with van der Waals surface area (Å²) in [6, 6.07) is 0. The van der Waals surface area contributed by atoms with Crippen molar-refractivity contribution in [2.75, 3.05) is 43.8 Å². The van der Waals surface area contributed by atoms with Gasteiger partial charge < -0.3 is 15.8 Å². The zero-order valence-electron chi connectivity index (χ0n) is 11.3. The summed E-state index contributed by atoms with van der Waals surface area (Å²) in [6.45, 7) is 5.85. The summed E-state index contributed by atoms with van der Waals surface area (Å²) >= 11 is 0. The van der Waals surface area contributed by atoms with Crippen molar-refractivity contribution >= 4 is 17.3 Å². The number of nitro groups is 1. The van der Waals surface area contributed by atoms with Crippen LogP contribution in [0.3, 0.4) is 0 Å². The van der Waals surface area contributed by atoms with Gasteiger partial charge in [-0.25, -0.2) is 9.97 Å². The van der Waals surface area contributed by atoms with E-state index < -0.39 is 4.92 Å². The molecule has 3 N–H and O–H groups in total. The fourth-order valence-corrected chi connectivity index (χ4v) is 2.10. The van der Waals surface area contributed by atoms with E-state index in [-0.39, 0.29) is 23.4 Å². The first-order chi connectivity index (χ1) is 9.61. The van der Waals surface area contributed by atoms with E-state index in [1.807, 2.05) is 0 Å². The second-order valence-electron chi connectivity index (χ2n) is 4.48. The molecule has 1 aromatic rings. The molecule has 0 spiro atoms. The number of nitrogens with one attached hydrogen (secondary N) is 1. The molecule has 1 unspecified atom stereocenters. The van der Waals surface area contributed by atoms with E-state index >= 15 is 0 Å². The molecular weight excluding hydrogens is 264 g/mol. The van der Waals surface area contributed by atoms with Gasteiger partial charge in [-0.3, -0.25) is 15.0 Å². The Morgan fingerprint density at radius 1 is 1.65 bits per heavy atom. The quantitative estimate of drug-likeness (QED) is 0.576. The highest BCUT2D eigenvalue weighted by molar-refractivity contribution is 5.67. The minimum absolute atomic E-state index is 0.0282. The minimum atomic E-state index is -0.586. The van der Waals surface area contributed by atoms with Crippen LogP contribution in [0.1, 0.15) is 6.92 Å². The molecule has 20 heavy (non-hydrogen) atoms. The average Bonchev–Trinajstić information content (AvgIpc) is 2.45. The van der Waals surface area contributed by atoms with Gasteiger partial charge in [0.2, 0.25) is 11.6 Å². The number of nitrogen functional groups attached to an aromatic ring is 1. The van der Waals surface area contributed by atoms with Gasteiger partial charge in [0.25, 0.3) is 0 Å². The predicted molar refractivity (Wildman–Crippen MR) is 73.4 cm³/mol. The fraction of sp³-hybridized carbons (Fsp3) is 0.636. The lowest BCUT2D eigenvalue weighted by molar-refractivity contribution is -0.383. The van der Waals surface area contributed by atoms with Gasteiger partial charge in [0.15, 0.2) is 0 Å². The van der Waals surface area contributed by atoms with E-state index in [9.17, 15) is 10.1 Å². The summed E-state index contributed by atoms with van der Waals surface area (Å²) in [5.74, 6) is -0.0213. The molecule has 1 aliphatic rings. The van der Waals surface area contributed by atoms with Crippen LogP contribution in [0, 0.1) is 10.1 Å². The van der Waals surface area contributed by atoms with E-state index in [2.05, 4.69) is 27.1 Å². The molecule has 1 atom stereocenters. The SMILES string of the molecule is CCN1CCOC(CNc2ncnc(N)c2[N+](=O)[O-])C1. The number of rotatable bonds is 5. The Labute approximate surface area is 116 Å². The molecule has 0 aromatic carbocycles. The summed E-state index contributed by atoms with van der Waals surface area (Å²) in [4.78, 5) is 20.1. The number of anilines is 2. The highest BCUT2D eigenvalue weighted by Crippen LogP contribution is 2.26. The first-order valence-electron chi connectivity index (χ1n) is 6.44. The smallest absolute Gasteiger partial charge is 0.352 e. The highest BCUT2D eigenvalue weighted by Gasteiger charge is 2.23. The van der Waals surface area contributed by atoms with Crippen molar-refractivity contribution in [2.45, 2.75) is 13.0 Å². The number of hydrogen-bond donors (Lipinski definition) is 2. The van der Waals surface area contributed by atoms with Gasteiger partial charge in [0.05, 0.1) is 17.6 Å². The lowest BCUT2D eigenvalue weighted by atomic mass is 10.2. The number of ether oxygens (including phenoxy) is 1. The monoisotopic (exact) mass is 282 g/mol. The van der Waals surface area contributed by atoms with Gasteiger partial charge in [-0.15, -0.1) is 0 Å². The molecule has 9 heteroatoms. The second-order valence-corrected chi connectivity index (χ2v) is 4.48. The van der Waals surface area contributed by atoms with Gasteiger partial charge >= 0.3 is 5.69 Å². The molecule has 1 fully saturated rings. The third kappa shape index (κ3) is 3.31. The van der Waals surface area contributed by atoms with E-state index in [1.54, 1.807) is 0 Å². The summed E-state index contributed by atoms with van der Waals surface area (Å²) < 4.78 is 5.61. The van der Waals surface area contributed by atoms with Crippen LogP contribution in [0.5, 0.6) is 0 Å². The van der Waals surface area contributed by atoms with Crippen LogP contribution in [0.2, 0.25) is 0 Å². The summed E-state index contributed by atoms with van der Waals surface area (Å²) in [5.41, 5.74) is 5.21. The molecule has 9 nitrogen and oxygen atoms in total. The van der Waals surface area contributed by atoms with Crippen LogP contribution < -0.4 is 11.1 Å². The zero-order chi connectivity index (χ0) is 14.5. The molecule has 110 valence electrons. The number of nitrogens with two attached hydrogens (primary N) is 1. The lowest BCUT2D eigenvalue weighted by Crippen LogP contribution is -2.45. The van der Waals surface area contributed by atoms with Crippen molar-refractivity contribution in [3.63, 3.8) is 0 Å². The molecule has 0 aliphatic carbocycles. The second kappa shape index (κ2) is 6.44. The lowest BCUT2D eigenvalue weighted by Gasteiger charge is -2.32. The average molecular weight is 282 g/mol. The Balaban J connectivity index is 2.00. The summed E-state index contributed by atoms with van der Waals surface area (Å²) in [6.07, 6.45) is 1.17. The molecule has 0 bridgehead atoms. The van der Waals surface area contributed by atoms with Gasteiger partial charge in [0.1, 0.15) is 6.33 Å². The molecular formula is C11H18N6O3. The van der Waals surface area contributed by atoms with Crippen molar-refractivity contribution < 1.29 is 9.66 Å². The molecule has 1 aliphatic heterocycles. The highest BCUT2D eigenvalue weighted by atomic mass is 16.6. The molecule has 1 saturated heterocycles. The standard InChI is InChI=1S/C11H18N6O3/c1-2-16-3-4-20-8(6-16)5-13-11-9(17(18)19)10(12)14-7-15-11/h7-8H,2-6H2,1H3,(H3,12,13,14,15). The minimum Gasteiger partial charge on any atom is -0.378 e. The van der Waals surface area contributed by atoms with E-state index in [1.165, 1.54) is 6.33 Å². The van der Waals surface area contributed by atoms with Gasteiger partial charge in [0, 0.05) is 19.6 Å². The van der Waals surface area contributed by atoms with Crippen LogP contribution in [0.25, 0.3) is 0 Å². The number of likely N-dealkylation sites (N-methyl/N-ethyl adjacent to an activating group) is 1. The van der Waals surface area contributed by atoms with E-state index in [4.69, 9.17) is 10.5 Å². The number of morpholine rings is 1. The van der Waals surface area contributed by atoms with Crippen molar-refractivity contribution in [3.8, 4) is 0 Å². The summed E-state index contributed by atoms with van der Waals surface area (Å²) in [5, 5.41) is 13.9. The third-order valence-electron chi connectivity index (χ3n) is 3.20. The molecule has 2 rings (SSSR count). The number of aromatic nitrogens is 2. The molecule has 1 aromatic heterocycles. The molecule has 2 heterocycles. The Bertz CT molecular complexity index is 483. The van der Waals surface area contributed by atoms with Crippen molar-refractivity contribution in [2.24, 2.45) is 0 Å². The normalized spacial score (nSPS) is 19.8. The van der Waals surface area contributed by atoms with Gasteiger partial charge in [-0.2, -0.15) is 0 Å². The maximum Gasteiger partial charge on any atom is 0.352 e. The maximum atomic E-state index is 11.0. The van der Waals surface area contributed by atoms with E-state index in [0.29, 0.717) is 13.2 Å². The maximum absolute atomic E-state index is 11.0. The first kappa shape index (κ1) is 14.4. The zero-order valence-corrected chi connectivity index (χ0v) is 11.3. The predicted octanol–water partition coefficient (Wildman–Crippen LogP) is 0.0996. The third-order valence-corrected chi connectivity index (χ3v) is 3.20. The number of nitrogens with zero attached hydrogens (tertiary/aromatic N) is 4. The van der Waals surface area contributed by atoms with Gasteiger partial charge in [-0.1, -0.05) is 6.92 Å². The Morgan fingerprint density at radius 3 is 3.15 bits per heavy atom. The largest absolute Gasteiger partial charge is 0.378 e. The van der Waals surface area contributed by atoms with Crippen molar-refractivity contribution in [1.82, 2.24) is 14.9 Å². The van der Waals surface area contributed by atoms with Crippen LogP contribution in [0.4, 0.5) is 17.3 Å². The summed E-state index contributed by atoms with van der Waals surface area (Å²) in [7, 11) is 0. The Kier molecular flexibility index (Phi) is 4.64.